The van der Waals surface area contributed by atoms with Gasteiger partial charge in [-0.3, -0.25) is 0 Å². The third-order valence-electron chi connectivity index (χ3n) is 3.02. The van der Waals surface area contributed by atoms with Gasteiger partial charge in [-0.2, -0.15) is 0 Å². The summed E-state index contributed by atoms with van der Waals surface area (Å²) in [6.45, 7) is 1.03. The number of aliphatic hydroxyl groups excluding tert-OH is 1. The summed E-state index contributed by atoms with van der Waals surface area (Å²) in [5, 5.41) is 12.2. The van der Waals surface area contributed by atoms with Crippen molar-refractivity contribution in [2.24, 2.45) is 5.92 Å². The highest BCUT2D eigenvalue weighted by Gasteiger charge is 2.31. The molecule has 1 aromatic carbocycles. The first-order valence-electron chi connectivity index (χ1n) is 5.91. The second-order valence-electron chi connectivity index (χ2n) is 4.40. The number of halogens is 1. The van der Waals surface area contributed by atoms with E-state index in [4.69, 9.17) is 5.11 Å². The molecular weight excluding hydrogens is 205 g/mol. The Hall–Kier alpha value is -0.930. The van der Waals surface area contributed by atoms with Gasteiger partial charge in [0.25, 0.3) is 0 Å². The van der Waals surface area contributed by atoms with Crippen LogP contribution in [-0.2, 0) is 0 Å². The fourth-order valence-electron chi connectivity index (χ4n) is 1.99. The molecule has 2 rings (SSSR count). The van der Waals surface area contributed by atoms with Crippen LogP contribution in [0.2, 0.25) is 0 Å². The number of rotatable bonds is 6. The Balaban J connectivity index is 1.98. The molecule has 1 aromatic rings. The monoisotopic (exact) mass is 223 g/mol. The molecule has 88 valence electrons. The predicted octanol–water partition coefficient (Wildman–Crippen LogP) is 2.25. The molecule has 2 N–H and O–H groups in total. The summed E-state index contributed by atoms with van der Waals surface area (Å²) in [7, 11) is 0. The van der Waals surface area contributed by atoms with E-state index in [9.17, 15) is 4.39 Å². The zero-order valence-electron chi connectivity index (χ0n) is 9.32. The Morgan fingerprint density at radius 3 is 2.56 bits per heavy atom. The fourth-order valence-corrected chi connectivity index (χ4v) is 1.99. The van der Waals surface area contributed by atoms with Crippen molar-refractivity contribution in [3.05, 3.63) is 35.6 Å². The van der Waals surface area contributed by atoms with Crippen LogP contribution in [0, 0.1) is 11.7 Å². The van der Waals surface area contributed by atoms with E-state index in [1.807, 2.05) is 12.1 Å². The van der Waals surface area contributed by atoms with Crippen LogP contribution in [0.3, 0.4) is 0 Å². The summed E-state index contributed by atoms with van der Waals surface area (Å²) in [6, 6.07) is 7.05. The molecule has 1 aliphatic rings. The molecule has 1 unspecified atom stereocenters. The minimum absolute atomic E-state index is 0.186. The van der Waals surface area contributed by atoms with Gasteiger partial charge in [-0.05, 0) is 49.4 Å². The SMILES string of the molecule is OCCCNC(c1ccc(F)cc1)C1CC1. The fraction of sp³-hybridized carbons (Fsp3) is 0.538. The minimum atomic E-state index is -0.186. The average Bonchev–Trinajstić information content (AvgIpc) is 3.10. The quantitative estimate of drug-likeness (QED) is 0.725. The maximum absolute atomic E-state index is 12.8. The maximum Gasteiger partial charge on any atom is 0.123 e. The van der Waals surface area contributed by atoms with E-state index in [2.05, 4.69) is 5.32 Å². The third kappa shape index (κ3) is 3.03. The molecule has 1 fully saturated rings. The average molecular weight is 223 g/mol. The van der Waals surface area contributed by atoms with Crippen LogP contribution in [0.5, 0.6) is 0 Å². The Bertz CT molecular complexity index is 321. The standard InChI is InChI=1S/C13H18FNO/c14-12-6-4-11(5-7-12)13(10-2-3-10)15-8-1-9-16/h4-7,10,13,15-16H,1-3,8-9H2. The van der Waals surface area contributed by atoms with Crippen LogP contribution in [-0.4, -0.2) is 18.3 Å². The van der Waals surface area contributed by atoms with Crippen LogP contribution in [0.1, 0.15) is 30.9 Å². The van der Waals surface area contributed by atoms with Crippen molar-refractivity contribution < 1.29 is 9.50 Å². The molecule has 1 saturated carbocycles. The number of hydrogen-bond donors (Lipinski definition) is 2. The largest absolute Gasteiger partial charge is 0.396 e. The Kier molecular flexibility index (Phi) is 3.91. The molecular formula is C13H18FNO. The molecule has 0 bridgehead atoms. The smallest absolute Gasteiger partial charge is 0.123 e. The Labute approximate surface area is 95.5 Å². The first-order chi connectivity index (χ1) is 7.81. The summed E-state index contributed by atoms with van der Waals surface area (Å²) in [4.78, 5) is 0. The minimum Gasteiger partial charge on any atom is -0.396 e. The summed E-state index contributed by atoms with van der Waals surface area (Å²) < 4.78 is 12.8. The molecule has 0 amide bonds. The van der Waals surface area contributed by atoms with E-state index in [1.165, 1.54) is 25.0 Å². The highest BCUT2D eigenvalue weighted by atomic mass is 19.1. The summed E-state index contributed by atoms with van der Waals surface area (Å²) in [5.41, 5.74) is 1.15. The molecule has 1 aliphatic carbocycles. The first kappa shape index (κ1) is 11.6. The van der Waals surface area contributed by atoms with Crippen LogP contribution < -0.4 is 5.32 Å². The zero-order valence-corrected chi connectivity index (χ0v) is 9.32. The highest BCUT2D eigenvalue weighted by molar-refractivity contribution is 5.21. The summed E-state index contributed by atoms with van der Waals surface area (Å²) in [5.74, 6) is 0.498. The van der Waals surface area contributed by atoms with Gasteiger partial charge in [0.05, 0.1) is 0 Å². The van der Waals surface area contributed by atoms with Crippen LogP contribution in [0.15, 0.2) is 24.3 Å². The van der Waals surface area contributed by atoms with Crippen molar-refractivity contribution in [2.75, 3.05) is 13.2 Å². The summed E-state index contributed by atoms with van der Waals surface area (Å²) in [6.07, 6.45) is 3.26. The van der Waals surface area contributed by atoms with E-state index >= 15 is 0 Å². The predicted molar refractivity (Wildman–Crippen MR) is 61.6 cm³/mol. The van der Waals surface area contributed by atoms with E-state index in [1.54, 1.807) is 0 Å². The van der Waals surface area contributed by atoms with Gasteiger partial charge in [-0.25, -0.2) is 4.39 Å². The van der Waals surface area contributed by atoms with Crippen molar-refractivity contribution in [3.8, 4) is 0 Å². The normalized spacial score (nSPS) is 17.4. The number of hydrogen-bond acceptors (Lipinski definition) is 2. The molecule has 0 spiro atoms. The van der Waals surface area contributed by atoms with Gasteiger partial charge in [0.2, 0.25) is 0 Å². The van der Waals surface area contributed by atoms with Crippen molar-refractivity contribution >= 4 is 0 Å². The number of aliphatic hydroxyl groups is 1. The third-order valence-corrected chi connectivity index (χ3v) is 3.02. The maximum atomic E-state index is 12.8. The lowest BCUT2D eigenvalue weighted by molar-refractivity contribution is 0.281. The molecule has 1 atom stereocenters. The number of nitrogens with one attached hydrogen (secondary N) is 1. The molecule has 16 heavy (non-hydrogen) atoms. The van der Waals surface area contributed by atoms with Gasteiger partial charge < -0.3 is 10.4 Å². The van der Waals surface area contributed by atoms with Gasteiger partial charge in [-0.15, -0.1) is 0 Å². The molecule has 0 aliphatic heterocycles. The van der Waals surface area contributed by atoms with E-state index in [0.717, 1.165) is 18.5 Å². The molecule has 0 aromatic heterocycles. The lowest BCUT2D eigenvalue weighted by atomic mass is 10.0. The van der Waals surface area contributed by atoms with Crippen LogP contribution in [0.25, 0.3) is 0 Å². The van der Waals surface area contributed by atoms with E-state index < -0.39 is 0 Å². The second kappa shape index (κ2) is 5.41. The molecule has 3 heteroatoms. The number of benzene rings is 1. The van der Waals surface area contributed by atoms with Crippen molar-refractivity contribution in [2.45, 2.75) is 25.3 Å². The lowest BCUT2D eigenvalue weighted by Gasteiger charge is -2.18. The molecule has 0 radical (unpaired) electrons. The van der Waals surface area contributed by atoms with Gasteiger partial charge in [0.15, 0.2) is 0 Å². The van der Waals surface area contributed by atoms with Gasteiger partial charge in [-0.1, -0.05) is 12.1 Å². The molecule has 0 saturated heterocycles. The van der Waals surface area contributed by atoms with Crippen molar-refractivity contribution in [3.63, 3.8) is 0 Å². The topological polar surface area (TPSA) is 32.3 Å². The highest BCUT2D eigenvalue weighted by Crippen LogP contribution is 2.40. The van der Waals surface area contributed by atoms with Crippen LogP contribution >= 0.6 is 0 Å². The van der Waals surface area contributed by atoms with Crippen molar-refractivity contribution in [1.82, 2.24) is 5.32 Å². The first-order valence-corrected chi connectivity index (χ1v) is 5.91. The Morgan fingerprint density at radius 1 is 1.31 bits per heavy atom. The van der Waals surface area contributed by atoms with Crippen LogP contribution in [0.4, 0.5) is 4.39 Å². The zero-order chi connectivity index (χ0) is 11.4. The van der Waals surface area contributed by atoms with Gasteiger partial charge in [0, 0.05) is 12.6 Å². The lowest BCUT2D eigenvalue weighted by Crippen LogP contribution is -2.24. The van der Waals surface area contributed by atoms with Gasteiger partial charge in [0.1, 0.15) is 5.82 Å². The molecule has 0 heterocycles. The van der Waals surface area contributed by atoms with E-state index in [-0.39, 0.29) is 12.4 Å². The van der Waals surface area contributed by atoms with E-state index in [0.29, 0.717) is 12.0 Å². The molecule has 2 nitrogen and oxygen atoms in total. The summed E-state index contributed by atoms with van der Waals surface area (Å²) >= 11 is 0. The van der Waals surface area contributed by atoms with Crippen molar-refractivity contribution in [1.29, 1.82) is 0 Å². The van der Waals surface area contributed by atoms with Gasteiger partial charge >= 0.3 is 0 Å². The Morgan fingerprint density at radius 2 is 2.00 bits per heavy atom. The second-order valence-corrected chi connectivity index (χ2v) is 4.40.